The van der Waals surface area contributed by atoms with E-state index in [4.69, 9.17) is 5.73 Å². The summed E-state index contributed by atoms with van der Waals surface area (Å²) in [5.74, 6) is 0.0555. The first-order valence-corrected chi connectivity index (χ1v) is 6.01. The highest BCUT2D eigenvalue weighted by Gasteiger charge is 2.11. The maximum absolute atomic E-state index is 11.7. The van der Waals surface area contributed by atoms with Crippen molar-refractivity contribution in [3.05, 3.63) is 28.7 Å². The van der Waals surface area contributed by atoms with Gasteiger partial charge in [0.05, 0.1) is 6.04 Å². The average Bonchev–Trinajstić information content (AvgIpc) is 2.89. The first kappa shape index (κ1) is 11.6. The predicted molar refractivity (Wildman–Crippen MR) is 65.3 cm³/mol. The van der Waals surface area contributed by atoms with Gasteiger partial charge in [-0.3, -0.25) is 4.79 Å². The Morgan fingerprint density at radius 2 is 2.53 bits per heavy atom. The molecule has 0 aromatic carbocycles. The summed E-state index contributed by atoms with van der Waals surface area (Å²) in [7, 11) is 0. The third-order valence-electron chi connectivity index (χ3n) is 2.21. The van der Waals surface area contributed by atoms with Crippen LogP contribution in [0.4, 0.5) is 5.95 Å². The molecule has 7 heteroatoms. The average molecular weight is 251 g/mol. The number of amides is 1. The number of nitrogens with one attached hydrogen (secondary N) is 1. The van der Waals surface area contributed by atoms with E-state index in [-0.39, 0.29) is 24.4 Å². The van der Waals surface area contributed by atoms with E-state index in [1.165, 1.54) is 11.0 Å². The van der Waals surface area contributed by atoms with Gasteiger partial charge >= 0.3 is 0 Å². The van der Waals surface area contributed by atoms with Gasteiger partial charge in [-0.15, -0.1) is 16.4 Å². The van der Waals surface area contributed by atoms with Crippen molar-refractivity contribution in [2.24, 2.45) is 0 Å². The highest BCUT2D eigenvalue weighted by atomic mass is 32.1. The van der Waals surface area contributed by atoms with Crippen LogP contribution in [0, 0.1) is 0 Å². The Bertz CT molecular complexity index is 493. The zero-order valence-electron chi connectivity index (χ0n) is 9.33. The number of rotatable bonds is 4. The summed E-state index contributed by atoms with van der Waals surface area (Å²) >= 11 is 1.61. The van der Waals surface area contributed by atoms with E-state index >= 15 is 0 Å². The van der Waals surface area contributed by atoms with E-state index in [0.29, 0.717) is 0 Å². The Kier molecular flexibility index (Phi) is 3.38. The van der Waals surface area contributed by atoms with Crippen molar-refractivity contribution < 1.29 is 4.79 Å². The standard InChI is InChI=1S/C10H13N5OS/c1-7(8-3-2-4-17-8)13-9(16)5-15-6-12-10(11)14-15/h2-4,6-7H,5H2,1H3,(H2,11,14)(H,13,16). The molecule has 90 valence electrons. The molecule has 3 N–H and O–H groups in total. The van der Waals surface area contributed by atoms with Gasteiger partial charge in [-0.2, -0.15) is 0 Å². The molecule has 2 rings (SSSR count). The van der Waals surface area contributed by atoms with E-state index in [0.717, 1.165) is 4.88 Å². The van der Waals surface area contributed by atoms with Crippen LogP contribution in [0.25, 0.3) is 0 Å². The van der Waals surface area contributed by atoms with Crippen molar-refractivity contribution in [2.75, 3.05) is 5.73 Å². The first-order valence-electron chi connectivity index (χ1n) is 5.13. The number of hydrogen-bond acceptors (Lipinski definition) is 5. The summed E-state index contributed by atoms with van der Waals surface area (Å²) < 4.78 is 1.41. The molecule has 6 nitrogen and oxygen atoms in total. The molecule has 0 saturated carbocycles. The molecular formula is C10H13N5OS. The summed E-state index contributed by atoms with van der Waals surface area (Å²) in [4.78, 5) is 16.6. The molecule has 1 unspecified atom stereocenters. The predicted octanol–water partition coefficient (Wildman–Crippen LogP) is 0.799. The topological polar surface area (TPSA) is 85.8 Å². The molecule has 1 atom stereocenters. The minimum Gasteiger partial charge on any atom is -0.367 e. The number of nitrogen functional groups attached to an aromatic ring is 1. The highest BCUT2D eigenvalue weighted by molar-refractivity contribution is 7.10. The highest BCUT2D eigenvalue weighted by Crippen LogP contribution is 2.17. The summed E-state index contributed by atoms with van der Waals surface area (Å²) in [6.07, 6.45) is 1.44. The van der Waals surface area contributed by atoms with Gasteiger partial charge in [0, 0.05) is 4.88 Å². The molecule has 0 aliphatic carbocycles. The fourth-order valence-corrected chi connectivity index (χ4v) is 2.16. The lowest BCUT2D eigenvalue weighted by Gasteiger charge is -2.11. The van der Waals surface area contributed by atoms with Crippen LogP contribution in [0.5, 0.6) is 0 Å². The SMILES string of the molecule is CC(NC(=O)Cn1cnc(N)n1)c1cccs1. The van der Waals surface area contributed by atoms with Crippen molar-refractivity contribution in [3.8, 4) is 0 Å². The van der Waals surface area contributed by atoms with Crippen LogP contribution in [0.15, 0.2) is 23.8 Å². The molecule has 0 fully saturated rings. The maximum Gasteiger partial charge on any atom is 0.242 e. The molecule has 2 aromatic rings. The van der Waals surface area contributed by atoms with E-state index in [9.17, 15) is 4.79 Å². The summed E-state index contributed by atoms with van der Waals surface area (Å²) in [5, 5.41) is 8.71. The lowest BCUT2D eigenvalue weighted by molar-refractivity contribution is -0.122. The summed E-state index contributed by atoms with van der Waals surface area (Å²) in [6, 6.07) is 3.95. The van der Waals surface area contributed by atoms with Crippen LogP contribution in [0.2, 0.25) is 0 Å². The van der Waals surface area contributed by atoms with Gasteiger partial charge in [0.2, 0.25) is 11.9 Å². The van der Waals surface area contributed by atoms with Gasteiger partial charge in [0.15, 0.2) is 0 Å². The Morgan fingerprint density at radius 3 is 3.12 bits per heavy atom. The molecule has 0 aliphatic rings. The third-order valence-corrected chi connectivity index (χ3v) is 3.26. The number of anilines is 1. The van der Waals surface area contributed by atoms with E-state index in [1.807, 2.05) is 24.4 Å². The molecule has 1 amide bonds. The Labute approximate surface area is 102 Å². The van der Waals surface area contributed by atoms with Crippen LogP contribution < -0.4 is 11.1 Å². The smallest absolute Gasteiger partial charge is 0.242 e. The van der Waals surface area contributed by atoms with Crippen molar-refractivity contribution in [3.63, 3.8) is 0 Å². The number of hydrogen-bond donors (Lipinski definition) is 2. The number of carbonyl (C=O) groups is 1. The zero-order valence-corrected chi connectivity index (χ0v) is 10.1. The van der Waals surface area contributed by atoms with E-state index in [1.54, 1.807) is 11.3 Å². The Hall–Kier alpha value is -1.89. The van der Waals surface area contributed by atoms with Crippen molar-refractivity contribution in [1.29, 1.82) is 0 Å². The second-order valence-electron chi connectivity index (χ2n) is 3.60. The number of thiophene rings is 1. The van der Waals surface area contributed by atoms with Crippen LogP contribution in [-0.4, -0.2) is 20.7 Å². The second-order valence-corrected chi connectivity index (χ2v) is 4.58. The van der Waals surface area contributed by atoms with Crippen molar-refractivity contribution in [2.45, 2.75) is 19.5 Å². The molecular weight excluding hydrogens is 238 g/mol. The van der Waals surface area contributed by atoms with E-state index < -0.39 is 0 Å². The van der Waals surface area contributed by atoms with Crippen molar-refractivity contribution in [1.82, 2.24) is 20.1 Å². The maximum atomic E-state index is 11.7. The first-order chi connectivity index (χ1) is 8.15. The summed E-state index contributed by atoms with van der Waals surface area (Å²) in [6.45, 7) is 2.07. The molecule has 0 saturated heterocycles. The van der Waals surface area contributed by atoms with Gasteiger partial charge < -0.3 is 11.1 Å². The van der Waals surface area contributed by atoms with Gasteiger partial charge in [-0.25, -0.2) is 9.67 Å². The minimum absolute atomic E-state index is 0.00312. The number of carbonyl (C=O) groups excluding carboxylic acids is 1. The van der Waals surface area contributed by atoms with Crippen LogP contribution in [0.1, 0.15) is 17.8 Å². The summed E-state index contributed by atoms with van der Waals surface area (Å²) in [5.41, 5.74) is 5.36. The zero-order chi connectivity index (χ0) is 12.3. The third kappa shape index (κ3) is 3.04. The van der Waals surface area contributed by atoms with Gasteiger partial charge in [0.1, 0.15) is 12.9 Å². The van der Waals surface area contributed by atoms with Gasteiger partial charge in [-0.05, 0) is 18.4 Å². The van der Waals surface area contributed by atoms with Crippen LogP contribution >= 0.6 is 11.3 Å². The van der Waals surface area contributed by atoms with Crippen molar-refractivity contribution >= 4 is 23.2 Å². The fourth-order valence-electron chi connectivity index (χ4n) is 1.43. The normalized spacial score (nSPS) is 12.3. The molecule has 2 heterocycles. The minimum atomic E-state index is -0.115. The van der Waals surface area contributed by atoms with Crippen LogP contribution in [-0.2, 0) is 11.3 Å². The second kappa shape index (κ2) is 4.96. The largest absolute Gasteiger partial charge is 0.367 e. The number of aromatic nitrogens is 3. The molecule has 0 aliphatic heterocycles. The van der Waals surface area contributed by atoms with Gasteiger partial charge in [-0.1, -0.05) is 6.07 Å². The van der Waals surface area contributed by atoms with Gasteiger partial charge in [0.25, 0.3) is 0 Å². The lowest BCUT2D eigenvalue weighted by atomic mass is 10.3. The fraction of sp³-hybridized carbons (Fsp3) is 0.300. The molecule has 17 heavy (non-hydrogen) atoms. The monoisotopic (exact) mass is 251 g/mol. The van der Waals surface area contributed by atoms with Crippen LogP contribution in [0.3, 0.4) is 0 Å². The number of nitrogens with two attached hydrogens (primary N) is 1. The number of nitrogens with zero attached hydrogens (tertiary/aromatic N) is 3. The Balaban J connectivity index is 1.89. The Morgan fingerprint density at radius 1 is 1.71 bits per heavy atom. The molecule has 2 aromatic heterocycles. The molecule has 0 bridgehead atoms. The molecule has 0 radical (unpaired) electrons. The lowest BCUT2D eigenvalue weighted by Crippen LogP contribution is -2.29. The molecule has 0 spiro atoms. The quantitative estimate of drug-likeness (QED) is 0.841. The van der Waals surface area contributed by atoms with E-state index in [2.05, 4.69) is 15.4 Å².